The number of rotatable bonds is 1. The Labute approximate surface area is 83.4 Å². The summed E-state index contributed by atoms with van der Waals surface area (Å²) in [5.41, 5.74) is 0.567. The summed E-state index contributed by atoms with van der Waals surface area (Å²) in [4.78, 5) is 21.4. The third-order valence-electron chi connectivity index (χ3n) is 1.57. The fourth-order valence-electron chi connectivity index (χ4n) is 0.894. The highest BCUT2D eigenvalue weighted by Crippen LogP contribution is 2.12. The van der Waals surface area contributed by atoms with E-state index < -0.39 is 11.8 Å². The van der Waals surface area contributed by atoms with Crippen molar-refractivity contribution in [2.75, 3.05) is 0 Å². The highest BCUT2D eigenvalue weighted by molar-refractivity contribution is 6.22. The summed E-state index contributed by atoms with van der Waals surface area (Å²) in [5.74, 6) is -1.63. The van der Waals surface area contributed by atoms with Crippen LogP contribution in [0.5, 0.6) is 0 Å². The zero-order valence-electron chi connectivity index (χ0n) is 8.57. The summed E-state index contributed by atoms with van der Waals surface area (Å²) >= 11 is 0. The van der Waals surface area contributed by atoms with Crippen molar-refractivity contribution in [2.24, 2.45) is 0 Å². The van der Waals surface area contributed by atoms with Crippen LogP contribution >= 0.6 is 0 Å². The lowest BCUT2D eigenvalue weighted by Gasteiger charge is -2.03. The lowest BCUT2D eigenvalue weighted by Crippen LogP contribution is -2.12. The number of carboxylic acids is 1. The van der Waals surface area contributed by atoms with E-state index in [-0.39, 0.29) is 5.57 Å². The molecule has 3 nitrogen and oxygen atoms in total. The fourth-order valence-corrected chi connectivity index (χ4v) is 0.894. The van der Waals surface area contributed by atoms with E-state index in [0.29, 0.717) is 0 Å². The average Bonchev–Trinajstić information content (AvgIpc) is 2.21. The van der Waals surface area contributed by atoms with Crippen LogP contribution in [0.4, 0.5) is 0 Å². The molecule has 0 aromatic rings. The SMILES string of the molecule is C/C=C1\C=CC(=O)C(C(=O)O)=C1.CC. The van der Waals surface area contributed by atoms with Crippen molar-refractivity contribution < 1.29 is 14.7 Å². The largest absolute Gasteiger partial charge is 0.478 e. The summed E-state index contributed by atoms with van der Waals surface area (Å²) in [6.45, 7) is 5.78. The van der Waals surface area contributed by atoms with Crippen LogP contribution in [0.1, 0.15) is 20.8 Å². The molecule has 1 N–H and O–H groups in total. The lowest BCUT2D eigenvalue weighted by atomic mass is 10.0. The number of hydrogen-bond acceptors (Lipinski definition) is 2. The first-order valence-electron chi connectivity index (χ1n) is 4.49. The summed E-state index contributed by atoms with van der Waals surface area (Å²) < 4.78 is 0. The Balaban J connectivity index is 0.000000791. The molecule has 76 valence electrons. The van der Waals surface area contributed by atoms with Crippen molar-refractivity contribution in [1.82, 2.24) is 0 Å². The van der Waals surface area contributed by atoms with Gasteiger partial charge < -0.3 is 5.11 Å². The van der Waals surface area contributed by atoms with Gasteiger partial charge in [0.05, 0.1) is 0 Å². The maximum absolute atomic E-state index is 10.9. The van der Waals surface area contributed by atoms with Gasteiger partial charge in [0.1, 0.15) is 5.57 Å². The van der Waals surface area contributed by atoms with Crippen LogP contribution in [0.15, 0.2) is 35.5 Å². The molecule has 0 saturated carbocycles. The molecule has 0 unspecified atom stereocenters. The van der Waals surface area contributed by atoms with Crippen molar-refractivity contribution in [3.63, 3.8) is 0 Å². The molecule has 14 heavy (non-hydrogen) atoms. The van der Waals surface area contributed by atoms with Gasteiger partial charge in [0.2, 0.25) is 0 Å². The smallest absolute Gasteiger partial charge is 0.339 e. The number of ketones is 1. The van der Waals surface area contributed by atoms with Gasteiger partial charge in [-0.2, -0.15) is 0 Å². The van der Waals surface area contributed by atoms with Gasteiger partial charge >= 0.3 is 5.97 Å². The Morgan fingerprint density at radius 2 is 1.93 bits per heavy atom. The molecule has 0 atom stereocenters. The molecule has 0 aromatic carbocycles. The van der Waals surface area contributed by atoms with Gasteiger partial charge in [-0.15, -0.1) is 0 Å². The molecule has 0 aromatic heterocycles. The van der Waals surface area contributed by atoms with Crippen LogP contribution in [-0.2, 0) is 9.59 Å². The van der Waals surface area contributed by atoms with Crippen molar-refractivity contribution in [3.05, 3.63) is 35.5 Å². The highest BCUT2D eigenvalue weighted by Gasteiger charge is 2.17. The molecule has 0 heterocycles. The number of aliphatic carboxylic acids is 1. The predicted octanol–water partition coefficient (Wildman–Crippen LogP) is 2.11. The van der Waals surface area contributed by atoms with Crippen LogP contribution in [0.25, 0.3) is 0 Å². The van der Waals surface area contributed by atoms with Crippen molar-refractivity contribution in [3.8, 4) is 0 Å². The van der Waals surface area contributed by atoms with Crippen LogP contribution in [0, 0.1) is 0 Å². The Bertz CT molecular complexity index is 319. The quantitative estimate of drug-likeness (QED) is 0.650. The minimum Gasteiger partial charge on any atom is -0.478 e. The first kappa shape index (κ1) is 12.4. The zero-order valence-corrected chi connectivity index (χ0v) is 8.57. The van der Waals surface area contributed by atoms with Crippen molar-refractivity contribution >= 4 is 11.8 Å². The van der Waals surface area contributed by atoms with E-state index in [1.807, 2.05) is 13.8 Å². The minimum absolute atomic E-state index is 0.175. The Kier molecular flexibility index (Phi) is 5.22. The van der Waals surface area contributed by atoms with E-state index in [1.165, 1.54) is 12.2 Å². The third kappa shape index (κ3) is 3.01. The summed E-state index contributed by atoms with van der Waals surface area (Å²) in [5, 5.41) is 8.57. The van der Waals surface area contributed by atoms with E-state index >= 15 is 0 Å². The molecule has 1 aliphatic carbocycles. The van der Waals surface area contributed by atoms with Gasteiger partial charge in [-0.1, -0.05) is 26.0 Å². The first-order chi connectivity index (χ1) is 6.65. The zero-order chi connectivity index (χ0) is 11.1. The van der Waals surface area contributed by atoms with Crippen LogP contribution < -0.4 is 0 Å². The average molecular weight is 194 g/mol. The van der Waals surface area contributed by atoms with Gasteiger partial charge in [-0.05, 0) is 24.6 Å². The molecular formula is C11H14O3. The van der Waals surface area contributed by atoms with Gasteiger partial charge in [-0.25, -0.2) is 4.79 Å². The maximum atomic E-state index is 10.9. The number of carbonyl (C=O) groups excluding carboxylic acids is 1. The normalized spacial score (nSPS) is 17.2. The molecule has 0 spiro atoms. The van der Waals surface area contributed by atoms with E-state index in [1.54, 1.807) is 19.1 Å². The maximum Gasteiger partial charge on any atom is 0.339 e. The van der Waals surface area contributed by atoms with Crippen LogP contribution in [0.2, 0.25) is 0 Å². The monoisotopic (exact) mass is 194 g/mol. The molecule has 0 fully saturated rings. The van der Waals surface area contributed by atoms with Crippen LogP contribution in [-0.4, -0.2) is 16.9 Å². The minimum atomic E-state index is -1.18. The summed E-state index contributed by atoms with van der Waals surface area (Å²) in [6.07, 6.45) is 5.96. The molecular weight excluding hydrogens is 180 g/mol. The lowest BCUT2D eigenvalue weighted by molar-refractivity contribution is -0.134. The number of allylic oxidation sites excluding steroid dienone is 5. The topological polar surface area (TPSA) is 54.4 Å². The Morgan fingerprint density at radius 1 is 1.36 bits per heavy atom. The summed E-state index contributed by atoms with van der Waals surface area (Å²) in [7, 11) is 0. The summed E-state index contributed by atoms with van der Waals surface area (Å²) in [6, 6.07) is 0. The standard InChI is InChI=1S/C9H8O3.C2H6/c1-2-6-3-4-8(10)7(5-6)9(11)12;1-2/h2-5H,1H3,(H,11,12);1-2H3/b6-2+;. The number of carbonyl (C=O) groups is 2. The molecule has 0 amide bonds. The van der Waals surface area contributed by atoms with Gasteiger partial charge in [-0.3, -0.25) is 4.79 Å². The molecule has 0 bridgehead atoms. The van der Waals surface area contributed by atoms with Crippen molar-refractivity contribution in [1.29, 1.82) is 0 Å². The molecule has 1 aliphatic rings. The predicted molar refractivity (Wildman–Crippen MR) is 55.0 cm³/mol. The third-order valence-corrected chi connectivity index (χ3v) is 1.57. The van der Waals surface area contributed by atoms with Gasteiger partial charge in [0.25, 0.3) is 0 Å². The Morgan fingerprint density at radius 3 is 2.36 bits per heavy atom. The highest BCUT2D eigenvalue weighted by atomic mass is 16.4. The fraction of sp³-hybridized carbons (Fsp3) is 0.273. The molecule has 3 heteroatoms. The molecule has 0 saturated heterocycles. The van der Waals surface area contributed by atoms with E-state index in [9.17, 15) is 9.59 Å². The number of carboxylic acid groups (broad SMARTS) is 1. The number of hydrogen-bond donors (Lipinski definition) is 1. The molecule has 0 radical (unpaired) electrons. The van der Waals surface area contributed by atoms with E-state index in [4.69, 9.17) is 5.11 Å². The first-order valence-corrected chi connectivity index (χ1v) is 4.49. The second-order valence-electron chi connectivity index (χ2n) is 2.35. The molecule has 0 aliphatic heterocycles. The van der Waals surface area contributed by atoms with E-state index in [0.717, 1.165) is 5.57 Å². The second-order valence-corrected chi connectivity index (χ2v) is 2.35. The van der Waals surface area contributed by atoms with Gasteiger partial charge in [0.15, 0.2) is 5.78 Å². The Hall–Kier alpha value is -1.64. The van der Waals surface area contributed by atoms with Crippen molar-refractivity contribution in [2.45, 2.75) is 20.8 Å². The van der Waals surface area contributed by atoms with E-state index in [2.05, 4.69) is 0 Å². The van der Waals surface area contributed by atoms with Gasteiger partial charge in [0, 0.05) is 0 Å². The second kappa shape index (κ2) is 5.91. The molecule has 1 rings (SSSR count). The van der Waals surface area contributed by atoms with Crippen LogP contribution in [0.3, 0.4) is 0 Å².